The van der Waals surface area contributed by atoms with Gasteiger partial charge in [0.25, 0.3) is 0 Å². The van der Waals surface area contributed by atoms with Gasteiger partial charge in [0.05, 0.1) is 11.1 Å². The lowest BCUT2D eigenvalue weighted by molar-refractivity contribution is 0.317. The molecule has 0 heterocycles. The van der Waals surface area contributed by atoms with Crippen molar-refractivity contribution in [3.05, 3.63) is 181 Å². The second-order valence-corrected chi connectivity index (χ2v) is 13.1. The lowest BCUT2D eigenvalue weighted by Gasteiger charge is -2.57. The van der Waals surface area contributed by atoms with Crippen molar-refractivity contribution in [2.45, 2.75) is 50.6 Å². The molecule has 0 saturated carbocycles. The Balaban J connectivity index is 1.47. The summed E-state index contributed by atoms with van der Waals surface area (Å²) in [6, 6.07) is 39.4. The van der Waals surface area contributed by atoms with E-state index in [1.54, 1.807) is 0 Å². The highest BCUT2D eigenvalue weighted by Crippen LogP contribution is 2.48. The molecule has 0 fully saturated rings. The van der Waals surface area contributed by atoms with Crippen LogP contribution in [-0.2, 0) is 0 Å². The molecule has 2 aliphatic carbocycles. The maximum atomic E-state index is 3.91. The fraction of sp³-hybridized carbons (Fsp3) is 0.227. The van der Waals surface area contributed by atoms with E-state index in [0.29, 0.717) is 11.8 Å². The number of rotatable bonds is 9. The summed E-state index contributed by atoms with van der Waals surface area (Å²) >= 11 is 0. The van der Waals surface area contributed by atoms with Gasteiger partial charge in [-0.05, 0) is 51.8 Å². The topological polar surface area (TPSA) is 3.24 Å². The van der Waals surface area contributed by atoms with Gasteiger partial charge in [-0.15, -0.1) is 0 Å². The minimum atomic E-state index is -0.336. The maximum absolute atomic E-state index is 3.91. The average molecular weight is 588 g/mol. The molecule has 0 atom stereocenters. The molecule has 0 amide bonds. The molecule has 0 bridgehead atoms. The minimum absolute atomic E-state index is 0.260. The highest BCUT2D eigenvalue weighted by atomic mass is 15.3. The standard InChI is InChI=1S/C44H45N/c1-6-35-17-19-38(20-18-35)39-21-23-42(24-22-39)45(43(33(2)3)29-25-40(26-30-43)36-13-9-7-10-14-36)44(34(4)5)31-27-41(28-32-44)37-15-11-8-12-16-37/h6-34,40-41H,1H2,2-5H3. The lowest BCUT2D eigenvalue weighted by atomic mass is 9.70. The molecular weight excluding hydrogens is 542 g/mol. The van der Waals surface area contributed by atoms with Crippen LogP contribution in [0.4, 0.5) is 5.69 Å². The van der Waals surface area contributed by atoms with Crippen molar-refractivity contribution in [1.29, 1.82) is 0 Å². The molecule has 2 aliphatic rings. The Morgan fingerprint density at radius 3 is 1.27 bits per heavy atom. The van der Waals surface area contributed by atoms with Crippen molar-refractivity contribution in [2.75, 3.05) is 4.90 Å². The van der Waals surface area contributed by atoms with Crippen molar-refractivity contribution in [1.82, 2.24) is 0 Å². The van der Waals surface area contributed by atoms with Gasteiger partial charge in [0.2, 0.25) is 0 Å². The van der Waals surface area contributed by atoms with Gasteiger partial charge in [0.1, 0.15) is 0 Å². The summed E-state index contributed by atoms with van der Waals surface area (Å²) < 4.78 is 0. The van der Waals surface area contributed by atoms with E-state index in [4.69, 9.17) is 0 Å². The largest absolute Gasteiger partial charge is 0.346 e. The minimum Gasteiger partial charge on any atom is -0.346 e. The summed E-state index contributed by atoms with van der Waals surface area (Å²) in [5.41, 5.74) is 6.74. The third kappa shape index (κ3) is 5.80. The van der Waals surface area contributed by atoms with Crippen LogP contribution in [0.1, 0.15) is 56.2 Å². The lowest BCUT2D eigenvalue weighted by Crippen LogP contribution is -2.63. The summed E-state index contributed by atoms with van der Waals surface area (Å²) in [4.78, 5) is 2.70. The monoisotopic (exact) mass is 587 g/mol. The van der Waals surface area contributed by atoms with E-state index in [-0.39, 0.29) is 22.9 Å². The number of anilines is 1. The first kappa shape index (κ1) is 30.4. The normalized spacial score (nSPS) is 23.9. The van der Waals surface area contributed by atoms with Crippen LogP contribution in [0.15, 0.2) is 164 Å². The van der Waals surface area contributed by atoms with Crippen LogP contribution < -0.4 is 4.90 Å². The van der Waals surface area contributed by atoms with Gasteiger partial charge < -0.3 is 4.90 Å². The predicted molar refractivity (Wildman–Crippen MR) is 195 cm³/mol. The zero-order chi connectivity index (χ0) is 31.4. The third-order valence-electron chi connectivity index (χ3n) is 9.88. The second-order valence-electron chi connectivity index (χ2n) is 13.1. The zero-order valence-electron chi connectivity index (χ0n) is 27.1. The first-order valence-electron chi connectivity index (χ1n) is 16.4. The molecule has 0 aliphatic heterocycles. The highest BCUT2D eigenvalue weighted by molar-refractivity contribution is 5.70. The molecule has 1 nitrogen and oxygen atoms in total. The smallest absolute Gasteiger partial charge is 0.0803 e. The SMILES string of the molecule is C=Cc1ccc(-c2ccc(N(C3(C(C)C)C=CC(c4ccccc4)C=C3)C3(C(C)C)C=CC(c4ccccc4)C=C3)cc2)cc1. The Labute approximate surface area is 270 Å². The van der Waals surface area contributed by atoms with Crippen LogP contribution in [0.3, 0.4) is 0 Å². The number of allylic oxidation sites excluding steroid dienone is 4. The summed E-state index contributed by atoms with van der Waals surface area (Å²) in [5, 5.41) is 0. The third-order valence-corrected chi connectivity index (χ3v) is 9.88. The van der Waals surface area contributed by atoms with Gasteiger partial charge in [-0.1, -0.05) is 186 Å². The van der Waals surface area contributed by atoms with Gasteiger partial charge in [-0.2, -0.15) is 0 Å². The first-order valence-corrected chi connectivity index (χ1v) is 16.4. The maximum Gasteiger partial charge on any atom is 0.0803 e. The Morgan fingerprint density at radius 1 is 0.533 bits per heavy atom. The highest BCUT2D eigenvalue weighted by Gasteiger charge is 2.48. The molecule has 0 saturated heterocycles. The summed E-state index contributed by atoms with van der Waals surface area (Å²) in [5.74, 6) is 1.15. The fourth-order valence-corrected chi connectivity index (χ4v) is 7.05. The Hall–Kier alpha value is -4.62. The summed E-state index contributed by atoms with van der Waals surface area (Å²) in [7, 11) is 0. The molecular formula is C44H45N. The Bertz CT molecular complexity index is 1590. The molecule has 4 aromatic rings. The fourth-order valence-electron chi connectivity index (χ4n) is 7.05. The van der Waals surface area contributed by atoms with Crippen molar-refractivity contribution >= 4 is 11.8 Å². The van der Waals surface area contributed by atoms with Gasteiger partial charge in [0.15, 0.2) is 0 Å². The van der Waals surface area contributed by atoms with Gasteiger partial charge in [-0.3, -0.25) is 0 Å². The second kappa shape index (κ2) is 12.8. The molecule has 1 heteroatoms. The van der Waals surface area contributed by atoms with Gasteiger partial charge >= 0.3 is 0 Å². The molecule has 0 radical (unpaired) electrons. The number of benzene rings is 4. The molecule has 0 N–H and O–H groups in total. The number of nitrogens with zero attached hydrogens (tertiary/aromatic N) is 1. The molecule has 226 valence electrons. The molecule has 4 aromatic carbocycles. The van der Waals surface area contributed by atoms with Crippen molar-refractivity contribution < 1.29 is 0 Å². The molecule has 45 heavy (non-hydrogen) atoms. The van der Waals surface area contributed by atoms with Crippen LogP contribution in [-0.4, -0.2) is 11.1 Å². The molecule has 0 unspecified atom stereocenters. The zero-order valence-corrected chi connectivity index (χ0v) is 27.1. The molecule has 6 rings (SSSR count). The summed E-state index contributed by atoms with van der Waals surface area (Å²) in [6.07, 6.45) is 21.5. The van der Waals surface area contributed by atoms with E-state index in [9.17, 15) is 0 Å². The number of hydrogen-bond acceptors (Lipinski definition) is 1. The Morgan fingerprint density at radius 2 is 0.911 bits per heavy atom. The average Bonchev–Trinajstić information content (AvgIpc) is 3.10. The van der Waals surface area contributed by atoms with Crippen molar-refractivity contribution in [3.8, 4) is 11.1 Å². The van der Waals surface area contributed by atoms with Crippen LogP contribution in [0.2, 0.25) is 0 Å². The first-order chi connectivity index (χ1) is 21.9. The van der Waals surface area contributed by atoms with E-state index in [1.807, 2.05) is 6.08 Å². The van der Waals surface area contributed by atoms with E-state index >= 15 is 0 Å². The van der Waals surface area contributed by atoms with Gasteiger partial charge in [0, 0.05) is 17.5 Å². The van der Waals surface area contributed by atoms with E-state index < -0.39 is 0 Å². The van der Waals surface area contributed by atoms with Crippen molar-refractivity contribution in [3.63, 3.8) is 0 Å². The van der Waals surface area contributed by atoms with Crippen LogP contribution >= 0.6 is 0 Å². The van der Waals surface area contributed by atoms with Gasteiger partial charge in [-0.25, -0.2) is 0 Å². The molecule has 0 spiro atoms. The summed E-state index contributed by atoms with van der Waals surface area (Å²) in [6.45, 7) is 13.3. The van der Waals surface area contributed by atoms with E-state index in [0.717, 1.165) is 5.56 Å². The van der Waals surface area contributed by atoms with Crippen LogP contribution in [0.25, 0.3) is 17.2 Å². The predicted octanol–water partition coefficient (Wildman–Crippen LogP) is 11.4. The quantitative estimate of drug-likeness (QED) is 0.176. The van der Waals surface area contributed by atoms with E-state index in [1.165, 1.54) is 27.9 Å². The Kier molecular flexibility index (Phi) is 8.63. The van der Waals surface area contributed by atoms with Crippen LogP contribution in [0, 0.1) is 11.8 Å². The van der Waals surface area contributed by atoms with E-state index in [2.05, 4.69) is 197 Å². The number of hydrogen-bond donors (Lipinski definition) is 0. The van der Waals surface area contributed by atoms with Crippen molar-refractivity contribution in [2.24, 2.45) is 11.8 Å². The molecule has 0 aromatic heterocycles. The van der Waals surface area contributed by atoms with Crippen LogP contribution in [0.5, 0.6) is 0 Å².